The second-order valence-electron chi connectivity index (χ2n) is 6.79. The molecule has 0 heterocycles. The third-order valence-electron chi connectivity index (χ3n) is 4.26. The van der Waals surface area contributed by atoms with Gasteiger partial charge in [-0.2, -0.15) is 0 Å². The molecule has 0 spiro atoms. The molecule has 0 bridgehead atoms. The molecule has 158 valence electrons. The van der Waals surface area contributed by atoms with Crippen molar-refractivity contribution in [1.29, 1.82) is 0 Å². The second kappa shape index (κ2) is 11.1. The van der Waals surface area contributed by atoms with E-state index in [4.69, 9.17) is 0 Å². The minimum absolute atomic E-state index is 0.0683. The normalized spacial score (nSPS) is 11.4. The fourth-order valence-electron chi connectivity index (χ4n) is 2.63. The van der Waals surface area contributed by atoms with Crippen LogP contribution in [0.1, 0.15) is 18.1 Å². The van der Waals surface area contributed by atoms with Crippen molar-refractivity contribution in [2.75, 3.05) is 17.6 Å². The maximum atomic E-state index is 12.2. The van der Waals surface area contributed by atoms with Crippen molar-refractivity contribution in [3.8, 4) is 0 Å². The van der Waals surface area contributed by atoms with Crippen LogP contribution in [0.3, 0.4) is 0 Å². The maximum absolute atomic E-state index is 12.2. The number of para-hydroxylation sites is 2. The Morgan fingerprint density at radius 2 is 1.77 bits per heavy atom. The number of thioether (sulfide) groups is 1. The summed E-state index contributed by atoms with van der Waals surface area (Å²) in [6.07, 6.45) is 0.561. The fourth-order valence-corrected chi connectivity index (χ4v) is 3.16. The molecular weight excluding hydrogens is 406 g/mol. The Bertz CT molecular complexity index is 930. The first-order valence-electron chi connectivity index (χ1n) is 9.28. The van der Waals surface area contributed by atoms with Crippen LogP contribution >= 0.6 is 11.8 Å². The minimum atomic E-state index is -0.596. The third kappa shape index (κ3) is 7.32. The first kappa shape index (κ1) is 23.1. The molecule has 9 heteroatoms. The summed E-state index contributed by atoms with van der Waals surface area (Å²) in [5.74, 6) is -1.29. The molecule has 0 fully saturated rings. The Kier molecular flexibility index (Phi) is 8.54. The molecule has 30 heavy (non-hydrogen) atoms. The number of rotatable bonds is 9. The van der Waals surface area contributed by atoms with Gasteiger partial charge >= 0.3 is 0 Å². The van der Waals surface area contributed by atoms with Gasteiger partial charge in [0.1, 0.15) is 5.69 Å². The van der Waals surface area contributed by atoms with Gasteiger partial charge in [-0.3, -0.25) is 24.5 Å². The summed E-state index contributed by atoms with van der Waals surface area (Å²) < 4.78 is 0. The topological polar surface area (TPSA) is 118 Å². The number of anilines is 1. The lowest BCUT2D eigenvalue weighted by Gasteiger charge is -2.12. The average Bonchev–Trinajstić information content (AvgIpc) is 2.72. The van der Waals surface area contributed by atoms with Gasteiger partial charge in [-0.1, -0.05) is 60.6 Å². The van der Waals surface area contributed by atoms with Crippen molar-refractivity contribution in [3.05, 3.63) is 69.8 Å². The van der Waals surface area contributed by atoms with Crippen LogP contribution in [0.2, 0.25) is 0 Å². The smallest absolute Gasteiger partial charge is 0.292 e. The van der Waals surface area contributed by atoms with Crippen LogP contribution in [-0.4, -0.2) is 34.2 Å². The number of hydrogen-bond acceptors (Lipinski definition) is 6. The second-order valence-corrected chi connectivity index (χ2v) is 7.82. The first-order chi connectivity index (χ1) is 14.3. The number of hydrogen-bond donors (Lipinski definition) is 2. The van der Waals surface area contributed by atoms with Gasteiger partial charge in [0.25, 0.3) is 5.69 Å². The molecule has 0 radical (unpaired) electrons. The summed E-state index contributed by atoms with van der Waals surface area (Å²) >= 11 is 0.742. The molecular formula is C21H23N3O5S. The molecule has 0 unspecified atom stereocenters. The highest BCUT2D eigenvalue weighted by Gasteiger charge is 2.17. The van der Waals surface area contributed by atoms with Crippen LogP contribution in [0.5, 0.6) is 0 Å². The SMILES string of the molecule is Cc1ccc(C[C@H](C)C(=O)NCC(=O)SCC(=O)Nc2ccccc2[N+](=O)[O-])cc1. The molecule has 2 aromatic rings. The summed E-state index contributed by atoms with van der Waals surface area (Å²) in [6, 6.07) is 13.7. The van der Waals surface area contributed by atoms with Gasteiger partial charge < -0.3 is 10.6 Å². The summed E-state index contributed by atoms with van der Waals surface area (Å²) in [4.78, 5) is 46.5. The van der Waals surface area contributed by atoms with Crippen LogP contribution in [-0.2, 0) is 20.8 Å². The maximum Gasteiger partial charge on any atom is 0.292 e. The van der Waals surface area contributed by atoms with Crippen molar-refractivity contribution in [2.45, 2.75) is 20.3 Å². The summed E-state index contributed by atoms with van der Waals surface area (Å²) in [5, 5.41) is 15.6. The fraction of sp³-hybridized carbons (Fsp3) is 0.286. The zero-order chi connectivity index (χ0) is 22.1. The van der Waals surface area contributed by atoms with Crippen molar-refractivity contribution < 1.29 is 19.3 Å². The number of aryl methyl sites for hydroxylation is 1. The van der Waals surface area contributed by atoms with Crippen LogP contribution in [0.25, 0.3) is 0 Å². The van der Waals surface area contributed by atoms with E-state index in [1.165, 1.54) is 18.2 Å². The quantitative estimate of drug-likeness (QED) is 0.467. The Morgan fingerprint density at radius 1 is 1.10 bits per heavy atom. The van der Waals surface area contributed by atoms with Crippen LogP contribution in [0.4, 0.5) is 11.4 Å². The lowest BCUT2D eigenvalue weighted by molar-refractivity contribution is -0.383. The van der Waals surface area contributed by atoms with Gasteiger partial charge in [0.2, 0.25) is 16.9 Å². The Balaban J connectivity index is 1.74. The Hall–Kier alpha value is -3.20. The molecule has 8 nitrogen and oxygen atoms in total. The van der Waals surface area contributed by atoms with E-state index < -0.39 is 10.8 Å². The molecule has 0 aliphatic rings. The van der Waals surface area contributed by atoms with Gasteiger partial charge in [-0.15, -0.1) is 0 Å². The summed E-state index contributed by atoms with van der Waals surface area (Å²) in [7, 11) is 0. The van der Waals surface area contributed by atoms with Crippen molar-refractivity contribution in [1.82, 2.24) is 5.32 Å². The van der Waals surface area contributed by atoms with Gasteiger partial charge in [0.15, 0.2) is 0 Å². The number of benzene rings is 2. The lowest BCUT2D eigenvalue weighted by atomic mass is 9.99. The molecule has 0 aliphatic heterocycles. The number of nitrogens with zero attached hydrogens (tertiary/aromatic N) is 1. The Morgan fingerprint density at radius 3 is 2.43 bits per heavy atom. The van der Waals surface area contributed by atoms with E-state index in [-0.39, 0.29) is 40.6 Å². The largest absolute Gasteiger partial charge is 0.348 e. The van der Waals surface area contributed by atoms with E-state index in [9.17, 15) is 24.5 Å². The average molecular weight is 429 g/mol. The lowest BCUT2D eigenvalue weighted by Crippen LogP contribution is -2.34. The van der Waals surface area contributed by atoms with Crippen molar-refractivity contribution in [2.24, 2.45) is 5.92 Å². The third-order valence-corrected chi connectivity index (χ3v) is 5.13. The van der Waals surface area contributed by atoms with Crippen molar-refractivity contribution >= 4 is 40.1 Å². The standard InChI is InChI=1S/C21H23N3O5S/c1-14-7-9-16(10-8-14)11-15(2)21(27)22-12-20(26)30-13-19(25)23-17-5-3-4-6-18(17)24(28)29/h3-10,15H,11-13H2,1-2H3,(H,22,27)(H,23,25)/t15-/m0/s1. The highest BCUT2D eigenvalue weighted by Crippen LogP contribution is 2.23. The molecule has 0 saturated heterocycles. The number of nitro groups is 1. The van der Waals surface area contributed by atoms with E-state index in [1.807, 2.05) is 31.2 Å². The number of amides is 2. The number of nitro benzene ring substituents is 1. The summed E-state index contributed by atoms with van der Waals surface area (Å²) in [6.45, 7) is 3.58. The molecule has 2 amide bonds. The van der Waals surface area contributed by atoms with Gasteiger partial charge in [-0.25, -0.2) is 0 Å². The van der Waals surface area contributed by atoms with Gasteiger partial charge in [0, 0.05) is 12.0 Å². The van der Waals surface area contributed by atoms with E-state index >= 15 is 0 Å². The molecule has 0 aliphatic carbocycles. The predicted molar refractivity (Wildman–Crippen MR) is 116 cm³/mol. The van der Waals surface area contributed by atoms with Gasteiger partial charge in [-0.05, 0) is 25.0 Å². The van der Waals surface area contributed by atoms with E-state index in [1.54, 1.807) is 13.0 Å². The zero-order valence-corrected chi connectivity index (χ0v) is 17.5. The number of nitrogens with one attached hydrogen (secondary N) is 2. The summed E-state index contributed by atoms with van der Waals surface area (Å²) in [5.41, 5.74) is 2.02. The van der Waals surface area contributed by atoms with Crippen LogP contribution in [0.15, 0.2) is 48.5 Å². The van der Waals surface area contributed by atoms with Crippen LogP contribution < -0.4 is 10.6 Å². The highest BCUT2D eigenvalue weighted by molar-refractivity contribution is 8.14. The number of carbonyl (C=O) groups excluding carboxylic acids is 3. The molecule has 2 rings (SSSR count). The minimum Gasteiger partial charge on any atom is -0.348 e. The predicted octanol–water partition coefficient (Wildman–Crippen LogP) is 3.10. The van der Waals surface area contributed by atoms with Gasteiger partial charge in [0.05, 0.1) is 17.2 Å². The van der Waals surface area contributed by atoms with Crippen molar-refractivity contribution in [3.63, 3.8) is 0 Å². The van der Waals surface area contributed by atoms with E-state index in [0.29, 0.717) is 6.42 Å². The molecule has 2 N–H and O–H groups in total. The number of carbonyl (C=O) groups is 3. The van der Waals surface area contributed by atoms with Crippen LogP contribution in [0, 0.1) is 23.0 Å². The van der Waals surface area contributed by atoms with E-state index in [2.05, 4.69) is 10.6 Å². The Labute approximate surface area is 178 Å². The zero-order valence-electron chi connectivity index (χ0n) is 16.7. The van der Waals surface area contributed by atoms with E-state index in [0.717, 1.165) is 22.9 Å². The molecule has 0 aromatic heterocycles. The molecule has 1 atom stereocenters. The monoisotopic (exact) mass is 429 g/mol. The first-order valence-corrected chi connectivity index (χ1v) is 10.3. The molecule has 2 aromatic carbocycles. The molecule has 0 saturated carbocycles. The highest BCUT2D eigenvalue weighted by atomic mass is 32.2.